The average molecular weight is 679 g/mol. The molecule has 8 radical (unpaired) electrons. The van der Waals surface area contributed by atoms with Crippen molar-refractivity contribution >= 4 is 61.0 Å². The lowest BCUT2D eigenvalue weighted by molar-refractivity contribution is -0.133. The van der Waals surface area contributed by atoms with Gasteiger partial charge in [-0.3, -0.25) is 24.2 Å². The number of aliphatic imine (C=N–C) groups is 1. The summed E-state index contributed by atoms with van der Waals surface area (Å²) in [5, 5.41) is 14.0. The maximum atomic E-state index is 14.1. The first-order chi connectivity index (χ1) is 23.3. The van der Waals surface area contributed by atoms with Crippen molar-refractivity contribution < 1.29 is 24.3 Å². The number of aryl methyl sites for hydroxylation is 2. The van der Waals surface area contributed by atoms with Gasteiger partial charge in [0.25, 0.3) is 0 Å². The molecule has 0 heterocycles. The molecule has 18 heteroatoms. The number of amides is 4. The van der Waals surface area contributed by atoms with Crippen molar-refractivity contribution in [1.29, 1.82) is 0 Å². The molecule has 0 spiro atoms. The number of guanidine groups is 1. The van der Waals surface area contributed by atoms with Crippen LogP contribution in [-0.2, 0) is 32.0 Å². The highest BCUT2D eigenvalue weighted by molar-refractivity contribution is 6.54. The summed E-state index contributed by atoms with van der Waals surface area (Å²) in [6, 6.07) is 6.71. The van der Waals surface area contributed by atoms with Crippen LogP contribution in [0.4, 0.5) is 0 Å². The second kappa shape index (κ2) is 18.5. The van der Waals surface area contributed by atoms with Gasteiger partial charge in [0, 0.05) is 19.4 Å². The second-order valence-electron chi connectivity index (χ2n) is 12.6. The molecule has 0 aliphatic heterocycles. The Kier molecular flexibility index (Phi) is 15.5. The predicted octanol–water partition coefficient (Wildman–Crippen LogP) is -2.63. The smallest absolute Gasteiger partial charge is 0.243 e. The number of carbonyl (C=O) groups excluding carboxylic acids is 4. The number of hydrogen-bond acceptors (Lipinski definition) is 8. The van der Waals surface area contributed by atoms with Gasteiger partial charge in [0.15, 0.2) is 5.96 Å². The molecule has 4 amide bonds. The van der Waals surface area contributed by atoms with Gasteiger partial charge in [-0.2, -0.15) is 0 Å². The first-order valence-corrected chi connectivity index (χ1v) is 16.0. The van der Waals surface area contributed by atoms with Crippen LogP contribution in [0.1, 0.15) is 41.5 Å². The lowest BCUT2D eigenvalue weighted by Crippen LogP contribution is -2.59. The number of nitrogens with one attached hydrogen (secondary N) is 3. The molecule has 14 N–H and O–H groups in total. The zero-order chi connectivity index (χ0) is 37.8. The summed E-state index contributed by atoms with van der Waals surface area (Å²) < 4.78 is 0. The molecule has 2 aromatic rings. The molecule has 4 atom stereocenters. The maximum Gasteiger partial charge on any atom is 0.243 e. The topological polar surface area (TPSA) is 267 Å². The van der Waals surface area contributed by atoms with E-state index in [0.29, 0.717) is 28.7 Å². The lowest BCUT2D eigenvalue weighted by atomic mass is 9.28. The number of nitrogens with two attached hydrogens (primary N) is 5. The van der Waals surface area contributed by atoms with E-state index in [2.05, 4.69) is 20.9 Å². The summed E-state index contributed by atoms with van der Waals surface area (Å²) >= 11 is 0. The van der Waals surface area contributed by atoms with E-state index >= 15 is 0 Å². The van der Waals surface area contributed by atoms with Gasteiger partial charge in [0.05, 0.1) is 37.4 Å². The van der Waals surface area contributed by atoms with Crippen molar-refractivity contribution in [3.05, 3.63) is 64.7 Å². The number of phenols is 1. The molecule has 50 heavy (non-hydrogen) atoms. The van der Waals surface area contributed by atoms with E-state index in [9.17, 15) is 24.3 Å². The van der Waals surface area contributed by atoms with Crippen molar-refractivity contribution in [1.82, 2.24) is 16.0 Å². The van der Waals surface area contributed by atoms with Crippen LogP contribution in [0.25, 0.3) is 0 Å². The van der Waals surface area contributed by atoms with E-state index < -0.39 is 64.6 Å². The third kappa shape index (κ3) is 12.5. The number of primary amides is 1. The third-order valence-corrected chi connectivity index (χ3v) is 8.35. The van der Waals surface area contributed by atoms with Gasteiger partial charge < -0.3 is 49.7 Å². The number of nitrogens with zero attached hydrogens (tertiary/aromatic N) is 1. The number of aromatic hydroxyl groups is 1. The fourth-order valence-electron chi connectivity index (χ4n) is 5.18. The van der Waals surface area contributed by atoms with Crippen LogP contribution in [0.2, 0.25) is 10.4 Å². The Balaban J connectivity index is 2.46. The molecule has 14 nitrogen and oxygen atoms in total. The number of rotatable bonds is 19. The second-order valence-corrected chi connectivity index (χ2v) is 12.6. The zero-order valence-electron chi connectivity index (χ0n) is 28.5. The molecule has 0 saturated heterocycles. The van der Waals surface area contributed by atoms with Gasteiger partial charge in [-0.25, -0.2) is 0 Å². The number of carbonyl (C=O) groups is 4. The number of phenolic OH excluding ortho intramolecular Hbond substituents is 1. The van der Waals surface area contributed by atoms with E-state index in [-0.39, 0.29) is 44.1 Å². The Labute approximate surface area is 298 Å². The monoisotopic (exact) mass is 679 g/mol. The summed E-state index contributed by atoms with van der Waals surface area (Å²) in [4.78, 5) is 57.4. The molecule has 2 rings (SSSR count). The molecule has 0 aliphatic rings. The average Bonchev–Trinajstić information content (AvgIpc) is 3.03. The molecule has 0 fully saturated rings. The van der Waals surface area contributed by atoms with E-state index in [1.807, 2.05) is 0 Å². The summed E-state index contributed by atoms with van der Waals surface area (Å²) in [6.07, 6.45) is -0.0139. The fraction of sp³-hybridized carbons (Fsp3) is 0.469. The Bertz CT molecular complexity index is 1500. The molecule has 0 aliphatic carbocycles. The first-order valence-electron chi connectivity index (χ1n) is 16.0. The fourth-order valence-corrected chi connectivity index (χ4v) is 5.18. The number of hydrogen-bond donors (Lipinski definition) is 9. The van der Waals surface area contributed by atoms with Gasteiger partial charge in [-0.05, 0) is 74.0 Å². The minimum atomic E-state index is -2.03. The summed E-state index contributed by atoms with van der Waals surface area (Å²) in [7, 11) is 24.7. The van der Waals surface area contributed by atoms with Crippen molar-refractivity contribution in [2.24, 2.45) is 33.7 Å². The van der Waals surface area contributed by atoms with Gasteiger partial charge in [-0.1, -0.05) is 35.5 Å². The Morgan fingerprint density at radius 1 is 0.820 bits per heavy atom. The zero-order valence-corrected chi connectivity index (χ0v) is 28.5. The van der Waals surface area contributed by atoms with Crippen molar-refractivity contribution in [2.45, 2.75) is 80.5 Å². The van der Waals surface area contributed by atoms with Crippen molar-refractivity contribution in [3.8, 4) is 5.75 Å². The highest BCUT2D eigenvalue weighted by Crippen LogP contribution is 2.44. The molecule has 260 valence electrons. The van der Waals surface area contributed by atoms with Crippen LogP contribution in [0.15, 0.2) is 47.5 Å². The highest BCUT2D eigenvalue weighted by atomic mass is 16.3. The van der Waals surface area contributed by atoms with Gasteiger partial charge >= 0.3 is 0 Å². The van der Waals surface area contributed by atoms with Crippen LogP contribution >= 0.6 is 0 Å². The van der Waals surface area contributed by atoms with Crippen LogP contribution in [0.5, 0.6) is 5.75 Å². The largest absolute Gasteiger partial charge is 0.508 e. The van der Waals surface area contributed by atoms with Crippen LogP contribution in [0.3, 0.4) is 0 Å². The highest BCUT2D eigenvalue weighted by Gasteiger charge is 2.39. The minimum Gasteiger partial charge on any atom is -0.508 e. The quantitative estimate of drug-likeness (QED) is 0.0325. The predicted molar refractivity (Wildman–Crippen MR) is 196 cm³/mol. The third-order valence-electron chi connectivity index (χ3n) is 8.35. The summed E-state index contributed by atoms with van der Waals surface area (Å²) in [5.41, 5.74) is 30.8. The van der Waals surface area contributed by atoms with E-state index in [4.69, 9.17) is 60.1 Å². The molecule has 0 unspecified atom stereocenters. The molecule has 0 aromatic heterocycles. The Morgan fingerprint density at radius 3 is 1.90 bits per heavy atom. The Morgan fingerprint density at radius 2 is 1.36 bits per heavy atom. The van der Waals surface area contributed by atoms with Crippen LogP contribution in [-0.4, -0.2) is 103 Å². The van der Waals surface area contributed by atoms with Gasteiger partial charge in [0.2, 0.25) is 23.6 Å². The molecular weight excluding hydrogens is 634 g/mol. The number of benzene rings is 2. The van der Waals surface area contributed by atoms with Crippen molar-refractivity contribution in [2.75, 3.05) is 13.1 Å². The molecule has 0 saturated carbocycles. The first kappa shape index (κ1) is 41.7. The lowest BCUT2D eigenvalue weighted by Gasteiger charge is -2.45. The SMILES string of the molecule is [B]C([B])(CN)C([B])([B])C[C@H](NC(=O)[C@H](Cc1c(C)cc(O)cc1C)NC(=O)[C@H](N)CCCN=C(N)N)C(=O)N[C@@H](Cc1ccccc1)C(N)=O. The van der Waals surface area contributed by atoms with E-state index in [1.54, 1.807) is 44.2 Å². The van der Waals surface area contributed by atoms with Gasteiger partial charge in [0.1, 0.15) is 23.9 Å². The van der Waals surface area contributed by atoms with Crippen LogP contribution in [0, 0.1) is 13.8 Å². The standard InChI is InChI=1S/C32H45B4N9O5/c1-17-11-20(46)12-18(2)21(17)14-24(44-27(48)22(38)9-6-10-42-30(40)41)28(49)45-25(15-31(33,34)32(35,36)16-37)29(50)43-23(26(39)47)13-19-7-4-3-5-8-19/h3-5,7-8,11-12,22-25,46H,6,9-10,13-16,37-38H2,1-2H3,(H2,39,47)(H,43,50)(H,44,48)(H,45,49)(H4,40,41,42)/t22-,23+,24+,25+/m1/s1. The van der Waals surface area contributed by atoms with Crippen LogP contribution < -0.4 is 44.6 Å². The van der Waals surface area contributed by atoms with Gasteiger partial charge in [-0.15, -0.1) is 5.21 Å². The normalized spacial score (nSPS) is 14.0. The molecular formula is C32H45B4N9O5. The minimum absolute atomic E-state index is 0.0158. The summed E-state index contributed by atoms with van der Waals surface area (Å²) in [5.74, 6) is -3.32. The Hall–Kier alpha value is -4.43. The maximum absolute atomic E-state index is 14.1. The van der Waals surface area contributed by atoms with E-state index in [0.717, 1.165) is 0 Å². The molecule has 2 aromatic carbocycles. The summed E-state index contributed by atoms with van der Waals surface area (Å²) in [6.45, 7) is 3.30. The molecule has 0 bridgehead atoms. The van der Waals surface area contributed by atoms with Crippen molar-refractivity contribution in [3.63, 3.8) is 0 Å². The van der Waals surface area contributed by atoms with E-state index in [1.165, 1.54) is 12.1 Å².